The normalized spacial score (nSPS) is 14.7. The molecule has 0 saturated heterocycles. The number of aromatic nitrogens is 2. The van der Waals surface area contributed by atoms with Gasteiger partial charge in [-0.3, -0.25) is 4.79 Å². The smallest absolute Gasteiger partial charge is 0.258 e. The minimum absolute atomic E-state index is 0.0156. The summed E-state index contributed by atoms with van der Waals surface area (Å²) in [5, 5.41) is 5.73. The highest BCUT2D eigenvalue weighted by molar-refractivity contribution is 9.10. The van der Waals surface area contributed by atoms with E-state index in [2.05, 4.69) is 21.1 Å². The van der Waals surface area contributed by atoms with Crippen LogP contribution in [-0.4, -0.2) is 9.72 Å². The Morgan fingerprint density at radius 3 is 2.95 bits per heavy atom. The molecule has 3 aromatic rings. The lowest BCUT2D eigenvalue weighted by Gasteiger charge is -2.05. The largest absolute Gasteiger partial charge is 0.359 e. The SMILES string of the molecule is O=c1c2cc(Br)ccc2ccn1Cc1cc(C2CC2)no1. The average molecular weight is 345 g/mol. The number of rotatable bonds is 3. The highest BCUT2D eigenvalue weighted by Gasteiger charge is 2.27. The Bertz CT molecular complexity index is 877. The summed E-state index contributed by atoms with van der Waals surface area (Å²) >= 11 is 3.41. The van der Waals surface area contributed by atoms with Gasteiger partial charge in [-0.2, -0.15) is 0 Å². The first-order valence-corrected chi connectivity index (χ1v) is 7.74. The van der Waals surface area contributed by atoms with Crippen LogP contribution in [0.25, 0.3) is 10.8 Å². The van der Waals surface area contributed by atoms with E-state index in [1.54, 1.807) is 10.8 Å². The summed E-state index contributed by atoms with van der Waals surface area (Å²) in [7, 11) is 0. The van der Waals surface area contributed by atoms with Crippen molar-refractivity contribution in [2.75, 3.05) is 0 Å². The maximum absolute atomic E-state index is 12.5. The third kappa shape index (κ3) is 2.42. The van der Waals surface area contributed by atoms with Gasteiger partial charge in [-0.1, -0.05) is 27.2 Å². The first-order chi connectivity index (χ1) is 10.2. The summed E-state index contributed by atoms with van der Waals surface area (Å²) in [5.41, 5.74) is 1.000. The summed E-state index contributed by atoms with van der Waals surface area (Å²) in [6.45, 7) is 0.418. The number of nitrogens with zero attached hydrogens (tertiary/aromatic N) is 2. The molecule has 1 aliphatic carbocycles. The monoisotopic (exact) mass is 344 g/mol. The molecule has 0 radical (unpaired) electrons. The van der Waals surface area contributed by atoms with Crippen LogP contribution in [0.4, 0.5) is 0 Å². The number of halogens is 1. The van der Waals surface area contributed by atoms with Crippen LogP contribution in [-0.2, 0) is 6.54 Å². The van der Waals surface area contributed by atoms with E-state index in [-0.39, 0.29) is 5.56 Å². The van der Waals surface area contributed by atoms with Gasteiger partial charge in [-0.05, 0) is 36.4 Å². The lowest BCUT2D eigenvalue weighted by atomic mass is 10.2. The molecule has 1 aliphatic rings. The molecule has 0 aliphatic heterocycles. The molecule has 4 rings (SSSR count). The van der Waals surface area contributed by atoms with Crippen LogP contribution >= 0.6 is 15.9 Å². The molecule has 1 saturated carbocycles. The molecule has 0 N–H and O–H groups in total. The van der Waals surface area contributed by atoms with Crippen LogP contribution in [0.15, 0.2) is 50.3 Å². The third-order valence-corrected chi connectivity index (χ3v) is 4.33. The minimum atomic E-state index is -0.0156. The summed E-state index contributed by atoms with van der Waals surface area (Å²) in [4.78, 5) is 12.5. The van der Waals surface area contributed by atoms with E-state index in [0.29, 0.717) is 17.8 Å². The average Bonchev–Trinajstić information content (AvgIpc) is 3.23. The fraction of sp³-hybridized carbons (Fsp3) is 0.250. The maximum atomic E-state index is 12.5. The summed E-state index contributed by atoms with van der Waals surface area (Å²) in [6, 6.07) is 9.63. The van der Waals surface area contributed by atoms with Crippen LogP contribution in [0.5, 0.6) is 0 Å². The van der Waals surface area contributed by atoms with Gasteiger partial charge in [0.15, 0.2) is 5.76 Å². The lowest BCUT2D eigenvalue weighted by molar-refractivity contribution is 0.370. The zero-order valence-corrected chi connectivity index (χ0v) is 12.8. The Hall–Kier alpha value is -1.88. The highest BCUT2D eigenvalue weighted by Crippen LogP contribution is 2.39. The van der Waals surface area contributed by atoms with Gasteiger partial charge in [0.2, 0.25) is 0 Å². The summed E-state index contributed by atoms with van der Waals surface area (Å²) in [6.07, 6.45) is 4.18. The van der Waals surface area contributed by atoms with E-state index in [1.165, 1.54) is 12.8 Å². The van der Waals surface area contributed by atoms with Crippen LogP contribution < -0.4 is 5.56 Å². The van der Waals surface area contributed by atoms with E-state index in [4.69, 9.17) is 4.52 Å². The van der Waals surface area contributed by atoms with Crippen molar-refractivity contribution in [3.8, 4) is 0 Å². The Balaban J connectivity index is 1.72. The molecule has 0 spiro atoms. The van der Waals surface area contributed by atoms with Gasteiger partial charge in [-0.25, -0.2) is 0 Å². The standard InChI is InChI=1S/C16H13BrN2O2/c17-12-4-3-10-5-6-19(16(20)14(10)7-12)9-13-8-15(18-21-13)11-1-2-11/h3-8,11H,1-2,9H2. The number of hydrogen-bond acceptors (Lipinski definition) is 3. The van der Waals surface area contributed by atoms with Crippen molar-refractivity contribution >= 4 is 26.7 Å². The van der Waals surface area contributed by atoms with E-state index in [0.717, 1.165) is 21.3 Å². The number of fused-ring (bicyclic) bond motifs is 1. The summed E-state index contributed by atoms with van der Waals surface area (Å²) < 4.78 is 7.90. The number of pyridine rings is 1. The van der Waals surface area contributed by atoms with Crippen LogP contribution in [0.1, 0.15) is 30.2 Å². The van der Waals surface area contributed by atoms with Gasteiger partial charge in [0.25, 0.3) is 5.56 Å². The molecule has 0 bridgehead atoms. The highest BCUT2D eigenvalue weighted by atomic mass is 79.9. The molecule has 2 heterocycles. The predicted octanol–water partition coefficient (Wildman–Crippen LogP) is 3.68. The van der Waals surface area contributed by atoms with E-state index in [9.17, 15) is 4.79 Å². The quantitative estimate of drug-likeness (QED) is 0.728. The minimum Gasteiger partial charge on any atom is -0.359 e. The topological polar surface area (TPSA) is 48.0 Å². The second-order valence-corrected chi connectivity index (χ2v) is 6.39. The second-order valence-electron chi connectivity index (χ2n) is 5.47. The third-order valence-electron chi connectivity index (χ3n) is 3.84. The zero-order chi connectivity index (χ0) is 14.4. The fourth-order valence-corrected chi connectivity index (χ4v) is 2.88. The van der Waals surface area contributed by atoms with Crippen LogP contribution in [0.2, 0.25) is 0 Å². The van der Waals surface area contributed by atoms with Crippen molar-refractivity contribution in [1.82, 2.24) is 9.72 Å². The van der Waals surface area contributed by atoms with Crippen LogP contribution in [0.3, 0.4) is 0 Å². The molecule has 106 valence electrons. The molecule has 21 heavy (non-hydrogen) atoms. The van der Waals surface area contributed by atoms with Crippen molar-refractivity contribution in [1.29, 1.82) is 0 Å². The molecule has 4 nitrogen and oxygen atoms in total. The molecular formula is C16H13BrN2O2. The Kier molecular flexibility index (Phi) is 2.96. The van der Waals surface area contributed by atoms with Crippen molar-refractivity contribution in [2.45, 2.75) is 25.3 Å². The summed E-state index contributed by atoms with van der Waals surface area (Å²) in [5.74, 6) is 1.29. The molecule has 1 fully saturated rings. The van der Waals surface area contributed by atoms with Crippen molar-refractivity contribution in [3.05, 3.63) is 62.8 Å². The Morgan fingerprint density at radius 1 is 1.29 bits per heavy atom. The van der Waals surface area contributed by atoms with E-state index >= 15 is 0 Å². The van der Waals surface area contributed by atoms with Crippen LogP contribution in [0, 0.1) is 0 Å². The lowest BCUT2D eigenvalue weighted by Crippen LogP contribution is -2.19. The molecule has 0 unspecified atom stereocenters. The number of hydrogen-bond donors (Lipinski definition) is 0. The second kappa shape index (κ2) is 4.84. The first kappa shape index (κ1) is 12.8. The molecule has 0 atom stereocenters. The first-order valence-electron chi connectivity index (χ1n) is 6.95. The zero-order valence-electron chi connectivity index (χ0n) is 11.3. The van der Waals surface area contributed by atoms with E-state index in [1.807, 2.05) is 30.3 Å². The van der Waals surface area contributed by atoms with Gasteiger partial charge >= 0.3 is 0 Å². The van der Waals surface area contributed by atoms with Gasteiger partial charge < -0.3 is 9.09 Å². The predicted molar refractivity (Wildman–Crippen MR) is 83.5 cm³/mol. The van der Waals surface area contributed by atoms with E-state index < -0.39 is 0 Å². The molecule has 1 aromatic carbocycles. The van der Waals surface area contributed by atoms with Crippen molar-refractivity contribution in [2.24, 2.45) is 0 Å². The number of benzene rings is 1. The van der Waals surface area contributed by atoms with Gasteiger partial charge in [0.1, 0.15) is 0 Å². The maximum Gasteiger partial charge on any atom is 0.258 e. The molecule has 2 aromatic heterocycles. The van der Waals surface area contributed by atoms with Crippen molar-refractivity contribution < 1.29 is 4.52 Å². The molecule has 5 heteroatoms. The van der Waals surface area contributed by atoms with Crippen molar-refractivity contribution in [3.63, 3.8) is 0 Å². The Morgan fingerprint density at radius 2 is 2.14 bits per heavy atom. The van der Waals surface area contributed by atoms with Gasteiger partial charge in [0, 0.05) is 28.0 Å². The Labute approximate surface area is 129 Å². The van der Waals surface area contributed by atoms with Gasteiger partial charge in [-0.15, -0.1) is 0 Å². The molecular weight excluding hydrogens is 332 g/mol. The fourth-order valence-electron chi connectivity index (χ4n) is 2.52. The molecule has 0 amide bonds. The van der Waals surface area contributed by atoms with Gasteiger partial charge in [0.05, 0.1) is 12.2 Å².